The summed E-state index contributed by atoms with van der Waals surface area (Å²) in [7, 11) is 0. The van der Waals surface area contributed by atoms with Crippen LogP contribution in [0.2, 0.25) is 0 Å². The Morgan fingerprint density at radius 3 is 2.29 bits per heavy atom. The number of hydrogen-bond donors (Lipinski definition) is 1. The molecule has 0 saturated carbocycles. The molecule has 0 saturated heterocycles. The molecule has 0 aliphatic rings. The smallest absolute Gasteiger partial charge is 0.166 e. The number of aromatic hydroxyl groups is 1. The number of nitrogens with zero attached hydrogens (tertiary/aromatic N) is 2. The van der Waals surface area contributed by atoms with Crippen LogP contribution in [0.25, 0.3) is 16.9 Å². The van der Waals surface area contributed by atoms with Crippen LogP contribution in [0.1, 0.15) is 37.6 Å². The van der Waals surface area contributed by atoms with Gasteiger partial charge in [0.1, 0.15) is 11.4 Å². The lowest BCUT2D eigenvalue weighted by Crippen LogP contribution is -2.13. The van der Waals surface area contributed by atoms with Crippen molar-refractivity contribution in [3.05, 3.63) is 65.4 Å². The van der Waals surface area contributed by atoms with Gasteiger partial charge in [-0.3, -0.25) is 0 Å². The fourth-order valence-corrected chi connectivity index (χ4v) is 2.94. The summed E-state index contributed by atoms with van der Waals surface area (Å²) in [6.45, 7) is 10.3. The van der Waals surface area contributed by atoms with Crippen LogP contribution in [0.5, 0.6) is 5.75 Å². The van der Waals surface area contributed by atoms with Crippen LogP contribution < -0.4 is 0 Å². The Balaban J connectivity index is 2.34. The van der Waals surface area contributed by atoms with Gasteiger partial charge in [0, 0.05) is 11.0 Å². The van der Waals surface area contributed by atoms with Crippen molar-refractivity contribution in [1.29, 1.82) is 0 Å². The standard InChI is InChI=1S/C21H24N2O/c1-14-9-8-11-16(13-14)18-19(24)20(21(3,4)5)22-23(18)17-12-7-6-10-15(17)2/h6-13,24H,1-5H3. The zero-order valence-corrected chi connectivity index (χ0v) is 15.0. The number of aromatic nitrogens is 2. The topological polar surface area (TPSA) is 38.1 Å². The summed E-state index contributed by atoms with van der Waals surface area (Å²) in [5.41, 5.74) is 5.45. The van der Waals surface area contributed by atoms with Crippen LogP contribution in [-0.2, 0) is 5.41 Å². The minimum atomic E-state index is -0.239. The molecule has 124 valence electrons. The van der Waals surface area contributed by atoms with E-state index in [9.17, 15) is 5.11 Å². The zero-order chi connectivity index (χ0) is 17.5. The average molecular weight is 320 g/mol. The first kappa shape index (κ1) is 16.3. The second kappa shape index (κ2) is 5.82. The van der Waals surface area contributed by atoms with Gasteiger partial charge < -0.3 is 5.11 Å². The molecule has 3 rings (SSSR count). The summed E-state index contributed by atoms with van der Waals surface area (Å²) in [6.07, 6.45) is 0. The maximum atomic E-state index is 11.0. The van der Waals surface area contributed by atoms with E-state index in [2.05, 4.69) is 52.8 Å². The van der Waals surface area contributed by atoms with Crippen molar-refractivity contribution in [1.82, 2.24) is 9.78 Å². The molecule has 1 aromatic heterocycles. The third-order valence-corrected chi connectivity index (χ3v) is 4.21. The summed E-state index contributed by atoms with van der Waals surface area (Å²) in [6, 6.07) is 16.3. The van der Waals surface area contributed by atoms with Gasteiger partial charge in [0.15, 0.2) is 5.75 Å². The first-order valence-electron chi connectivity index (χ1n) is 8.24. The summed E-state index contributed by atoms with van der Waals surface area (Å²) in [5, 5.41) is 15.7. The van der Waals surface area contributed by atoms with Gasteiger partial charge in [-0.2, -0.15) is 5.10 Å². The number of hydrogen-bond acceptors (Lipinski definition) is 2. The lowest BCUT2D eigenvalue weighted by molar-refractivity contribution is 0.445. The predicted molar refractivity (Wildman–Crippen MR) is 98.8 cm³/mol. The van der Waals surface area contributed by atoms with Gasteiger partial charge in [-0.05, 0) is 31.5 Å². The summed E-state index contributed by atoms with van der Waals surface area (Å²) < 4.78 is 1.88. The van der Waals surface area contributed by atoms with Crippen molar-refractivity contribution in [3.8, 4) is 22.7 Å². The first-order chi connectivity index (χ1) is 11.3. The van der Waals surface area contributed by atoms with E-state index in [0.29, 0.717) is 5.69 Å². The Morgan fingerprint density at radius 1 is 0.958 bits per heavy atom. The molecule has 0 radical (unpaired) electrons. The molecule has 2 aromatic carbocycles. The fraction of sp³-hybridized carbons (Fsp3) is 0.286. The molecule has 0 fully saturated rings. The Morgan fingerprint density at radius 2 is 1.67 bits per heavy atom. The fourth-order valence-electron chi connectivity index (χ4n) is 2.94. The van der Waals surface area contributed by atoms with Crippen LogP contribution in [0.15, 0.2) is 48.5 Å². The minimum Gasteiger partial charge on any atom is -0.504 e. The highest BCUT2D eigenvalue weighted by atomic mass is 16.3. The lowest BCUT2D eigenvalue weighted by atomic mass is 9.91. The van der Waals surface area contributed by atoms with E-state index >= 15 is 0 Å². The predicted octanol–water partition coefficient (Wildman–Crippen LogP) is 5.16. The third-order valence-electron chi connectivity index (χ3n) is 4.21. The molecule has 0 atom stereocenters. The second-order valence-electron chi connectivity index (χ2n) is 7.36. The van der Waals surface area contributed by atoms with E-state index in [1.807, 2.05) is 35.0 Å². The lowest BCUT2D eigenvalue weighted by Gasteiger charge is -2.15. The van der Waals surface area contributed by atoms with Crippen LogP contribution in [0, 0.1) is 13.8 Å². The largest absolute Gasteiger partial charge is 0.504 e. The Hall–Kier alpha value is -2.55. The van der Waals surface area contributed by atoms with Crippen LogP contribution in [0.3, 0.4) is 0 Å². The highest BCUT2D eigenvalue weighted by molar-refractivity contribution is 5.71. The van der Waals surface area contributed by atoms with Gasteiger partial charge in [-0.25, -0.2) is 4.68 Å². The van der Waals surface area contributed by atoms with Crippen LogP contribution >= 0.6 is 0 Å². The van der Waals surface area contributed by atoms with E-state index in [4.69, 9.17) is 5.10 Å². The molecule has 1 N–H and O–H groups in total. The Kier molecular flexibility index (Phi) is 3.96. The van der Waals surface area contributed by atoms with Crippen molar-refractivity contribution in [3.63, 3.8) is 0 Å². The number of rotatable bonds is 2. The van der Waals surface area contributed by atoms with Crippen molar-refractivity contribution in [2.45, 2.75) is 40.0 Å². The average Bonchev–Trinajstić information content (AvgIpc) is 2.85. The molecule has 0 aliphatic heterocycles. The number of aryl methyl sites for hydroxylation is 2. The third kappa shape index (κ3) is 2.82. The highest BCUT2D eigenvalue weighted by Gasteiger charge is 2.28. The van der Waals surface area contributed by atoms with Gasteiger partial charge in [-0.1, -0.05) is 62.7 Å². The summed E-state index contributed by atoms with van der Waals surface area (Å²) in [5.74, 6) is 0.261. The molecule has 3 nitrogen and oxygen atoms in total. The SMILES string of the molecule is Cc1cccc(-c2c(O)c(C(C)(C)C)nn2-c2ccccc2C)c1. The molecular weight excluding hydrogens is 296 g/mol. The van der Waals surface area contributed by atoms with Crippen LogP contribution in [-0.4, -0.2) is 14.9 Å². The highest BCUT2D eigenvalue weighted by Crippen LogP contribution is 2.40. The molecule has 3 heteroatoms. The van der Waals surface area contributed by atoms with Gasteiger partial charge >= 0.3 is 0 Å². The van der Waals surface area contributed by atoms with Crippen molar-refractivity contribution >= 4 is 0 Å². The minimum absolute atomic E-state index is 0.239. The van der Waals surface area contributed by atoms with E-state index in [-0.39, 0.29) is 11.2 Å². The van der Waals surface area contributed by atoms with Gasteiger partial charge in [0.25, 0.3) is 0 Å². The van der Waals surface area contributed by atoms with E-state index < -0.39 is 0 Å². The maximum Gasteiger partial charge on any atom is 0.166 e. The zero-order valence-electron chi connectivity index (χ0n) is 15.0. The summed E-state index contributed by atoms with van der Waals surface area (Å²) >= 11 is 0. The summed E-state index contributed by atoms with van der Waals surface area (Å²) in [4.78, 5) is 0. The van der Waals surface area contributed by atoms with Crippen molar-refractivity contribution < 1.29 is 5.11 Å². The monoisotopic (exact) mass is 320 g/mol. The Labute approximate surface area is 143 Å². The van der Waals surface area contributed by atoms with Crippen molar-refractivity contribution in [2.75, 3.05) is 0 Å². The normalized spacial score (nSPS) is 11.7. The van der Waals surface area contributed by atoms with Crippen molar-refractivity contribution in [2.24, 2.45) is 0 Å². The van der Waals surface area contributed by atoms with Crippen LogP contribution in [0.4, 0.5) is 0 Å². The van der Waals surface area contributed by atoms with Gasteiger partial charge in [0.2, 0.25) is 0 Å². The molecule has 0 bridgehead atoms. The molecule has 24 heavy (non-hydrogen) atoms. The molecule has 0 spiro atoms. The molecule has 0 aliphatic carbocycles. The van der Waals surface area contributed by atoms with E-state index in [1.54, 1.807) is 0 Å². The van der Waals surface area contributed by atoms with E-state index in [1.165, 1.54) is 0 Å². The maximum absolute atomic E-state index is 11.0. The molecule has 3 aromatic rings. The molecule has 0 amide bonds. The quantitative estimate of drug-likeness (QED) is 0.708. The van der Waals surface area contributed by atoms with Gasteiger partial charge in [0.05, 0.1) is 5.69 Å². The Bertz CT molecular complexity index is 885. The second-order valence-corrected chi connectivity index (χ2v) is 7.36. The number of para-hydroxylation sites is 1. The number of benzene rings is 2. The molecule has 0 unspecified atom stereocenters. The molecule has 1 heterocycles. The molecular formula is C21H24N2O. The van der Waals surface area contributed by atoms with Gasteiger partial charge in [-0.15, -0.1) is 0 Å². The first-order valence-corrected chi connectivity index (χ1v) is 8.24. The van der Waals surface area contributed by atoms with E-state index in [0.717, 1.165) is 28.1 Å².